The van der Waals surface area contributed by atoms with E-state index < -0.39 is 16.1 Å². The zero-order valence-corrected chi connectivity index (χ0v) is 15.6. The van der Waals surface area contributed by atoms with Crippen molar-refractivity contribution in [2.45, 2.75) is 31.8 Å². The standard InChI is InChI=1S/C18H27N3O3S/c1-25(23,24)21-12-5-9-17(21)18(22)20-11-6-10-19(13-14-20)15-16-7-3-2-4-8-16/h2-4,7-8,17H,5-6,9-15H2,1H3. The molecule has 0 N–H and O–H groups in total. The molecule has 0 bridgehead atoms. The van der Waals surface area contributed by atoms with Crippen LogP contribution >= 0.6 is 0 Å². The van der Waals surface area contributed by atoms with Crippen molar-refractivity contribution < 1.29 is 13.2 Å². The Morgan fingerprint density at radius 2 is 1.80 bits per heavy atom. The van der Waals surface area contributed by atoms with Crippen LogP contribution in [0.1, 0.15) is 24.8 Å². The van der Waals surface area contributed by atoms with Crippen LogP contribution in [0.25, 0.3) is 0 Å². The van der Waals surface area contributed by atoms with E-state index in [1.165, 1.54) is 16.1 Å². The number of carbonyl (C=O) groups excluding carboxylic acids is 1. The minimum absolute atomic E-state index is 0.0236. The van der Waals surface area contributed by atoms with Gasteiger partial charge in [-0.05, 0) is 24.8 Å². The molecule has 6 nitrogen and oxygen atoms in total. The van der Waals surface area contributed by atoms with Crippen LogP contribution in [-0.2, 0) is 21.4 Å². The Morgan fingerprint density at radius 3 is 2.52 bits per heavy atom. The van der Waals surface area contributed by atoms with Crippen LogP contribution in [0.5, 0.6) is 0 Å². The van der Waals surface area contributed by atoms with E-state index in [1.54, 1.807) is 0 Å². The summed E-state index contributed by atoms with van der Waals surface area (Å²) in [5.74, 6) is -0.0236. The summed E-state index contributed by atoms with van der Waals surface area (Å²) >= 11 is 0. The van der Waals surface area contributed by atoms with Gasteiger partial charge in [0.05, 0.1) is 6.26 Å². The van der Waals surface area contributed by atoms with E-state index in [-0.39, 0.29) is 5.91 Å². The second-order valence-electron chi connectivity index (χ2n) is 6.97. The third-order valence-electron chi connectivity index (χ3n) is 5.06. The van der Waals surface area contributed by atoms with Crippen LogP contribution in [0.4, 0.5) is 0 Å². The van der Waals surface area contributed by atoms with Gasteiger partial charge in [-0.15, -0.1) is 0 Å². The van der Waals surface area contributed by atoms with Gasteiger partial charge in [-0.25, -0.2) is 8.42 Å². The predicted molar refractivity (Wildman–Crippen MR) is 97.5 cm³/mol. The molecular weight excluding hydrogens is 338 g/mol. The molecule has 1 aromatic carbocycles. The van der Waals surface area contributed by atoms with Gasteiger partial charge in [0.15, 0.2) is 0 Å². The van der Waals surface area contributed by atoms with Crippen LogP contribution in [0.15, 0.2) is 30.3 Å². The summed E-state index contributed by atoms with van der Waals surface area (Å²) in [7, 11) is -3.32. The lowest BCUT2D eigenvalue weighted by atomic mass is 10.2. The zero-order valence-electron chi connectivity index (χ0n) is 14.8. The van der Waals surface area contributed by atoms with Crippen molar-refractivity contribution in [2.75, 3.05) is 39.0 Å². The molecule has 0 aliphatic carbocycles. The topological polar surface area (TPSA) is 60.9 Å². The molecule has 0 aromatic heterocycles. The van der Waals surface area contributed by atoms with Crippen LogP contribution in [0, 0.1) is 0 Å². The first-order valence-electron chi connectivity index (χ1n) is 8.97. The molecule has 2 heterocycles. The predicted octanol–water partition coefficient (Wildman–Crippen LogP) is 1.14. The summed E-state index contributed by atoms with van der Waals surface area (Å²) in [5.41, 5.74) is 1.28. The maximum absolute atomic E-state index is 12.9. The molecule has 2 aliphatic heterocycles. The molecule has 25 heavy (non-hydrogen) atoms. The Hall–Kier alpha value is -1.44. The second kappa shape index (κ2) is 7.85. The highest BCUT2D eigenvalue weighted by atomic mass is 32.2. The number of hydrogen-bond donors (Lipinski definition) is 0. The van der Waals surface area contributed by atoms with Gasteiger partial charge in [0, 0.05) is 39.3 Å². The molecule has 0 radical (unpaired) electrons. The molecule has 138 valence electrons. The van der Waals surface area contributed by atoms with Crippen molar-refractivity contribution >= 4 is 15.9 Å². The first-order chi connectivity index (χ1) is 11.9. The minimum Gasteiger partial charge on any atom is -0.340 e. The van der Waals surface area contributed by atoms with Gasteiger partial charge in [-0.2, -0.15) is 4.31 Å². The quantitative estimate of drug-likeness (QED) is 0.803. The molecule has 3 rings (SSSR count). The highest BCUT2D eigenvalue weighted by molar-refractivity contribution is 7.88. The number of sulfonamides is 1. The molecule has 7 heteroatoms. The van der Waals surface area contributed by atoms with Crippen molar-refractivity contribution in [3.8, 4) is 0 Å². The van der Waals surface area contributed by atoms with E-state index >= 15 is 0 Å². The third-order valence-corrected chi connectivity index (χ3v) is 6.35. The van der Waals surface area contributed by atoms with Crippen LogP contribution in [-0.4, -0.2) is 73.5 Å². The average Bonchev–Trinajstić information content (AvgIpc) is 2.97. The molecule has 2 saturated heterocycles. The summed E-state index contributed by atoms with van der Waals surface area (Å²) in [4.78, 5) is 17.1. The van der Waals surface area contributed by atoms with Gasteiger partial charge in [-0.3, -0.25) is 9.69 Å². The largest absolute Gasteiger partial charge is 0.340 e. The number of rotatable bonds is 4. The van der Waals surface area contributed by atoms with Gasteiger partial charge >= 0.3 is 0 Å². The van der Waals surface area contributed by atoms with E-state index in [0.717, 1.165) is 32.5 Å². The molecule has 2 fully saturated rings. The number of amides is 1. The fourth-order valence-corrected chi connectivity index (χ4v) is 4.90. The smallest absolute Gasteiger partial charge is 0.241 e. The maximum Gasteiger partial charge on any atom is 0.241 e. The molecule has 2 aliphatic rings. The monoisotopic (exact) mass is 365 g/mol. The fourth-order valence-electron chi connectivity index (χ4n) is 3.79. The van der Waals surface area contributed by atoms with Gasteiger partial charge in [0.1, 0.15) is 6.04 Å². The lowest BCUT2D eigenvalue weighted by Crippen LogP contribution is -2.48. The normalized spacial score (nSPS) is 23.6. The molecule has 0 spiro atoms. The molecule has 1 aromatic rings. The third kappa shape index (κ3) is 4.59. The Morgan fingerprint density at radius 1 is 1.04 bits per heavy atom. The van der Waals surface area contributed by atoms with E-state index in [0.29, 0.717) is 26.1 Å². The number of carbonyl (C=O) groups is 1. The highest BCUT2D eigenvalue weighted by Gasteiger charge is 2.38. The fraction of sp³-hybridized carbons (Fsp3) is 0.611. The SMILES string of the molecule is CS(=O)(=O)N1CCCC1C(=O)N1CCCN(Cc2ccccc2)CC1. The van der Waals surface area contributed by atoms with Crippen molar-refractivity contribution in [3.63, 3.8) is 0 Å². The van der Waals surface area contributed by atoms with Gasteiger partial charge in [-0.1, -0.05) is 30.3 Å². The molecule has 1 unspecified atom stereocenters. The highest BCUT2D eigenvalue weighted by Crippen LogP contribution is 2.23. The molecule has 1 amide bonds. The molecule has 0 saturated carbocycles. The summed E-state index contributed by atoms with van der Waals surface area (Å²) in [6.07, 6.45) is 3.51. The lowest BCUT2D eigenvalue weighted by Gasteiger charge is -2.28. The van der Waals surface area contributed by atoms with E-state index in [2.05, 4.69) is 17.0 Å². The Labute approximate surface area is 150 Å². The average molecular weight is 365 g/mol. The molecule has 1 atom stereocenters. The maximum atomic E-state index is 12.9. The van der Waals surface area contributed by atoms with Gasteiger partial charge < -0.3 is 4.90 Å². The number of hydrogen-bond acceptors (Lipinski definition) is 4. The van der Waals surface area contributed by atoms with Gasteiger partial charge in [0.25, 0.3) is 0 Å². The van der Waals surface area contributed by atoms with Crippen LogP contribution in [0.2, 0.25) is 0 Å². The zero-order chi connectivity index (χ0) is 17.9. The number of nitrogens with zero attached hydrogens (tertiary/aromatic N) is 3. The van der Waals surface area contributed by atoms with Gasteiger partial charge in [0.2, 0.25) is 15.9 Å². The van der Waals surface area contributed by atoms with Crippen molar-refractivity contribution in [1.82, 2.24) is 14.1 Å². The molecular formula is C18H27N3O3S. The second-order valence-corrected chi connectivity index (χ2v) is 8.91. The minimum atomic E-state index is -3.32. The van der Waals surface area contributed by atoms with Crippen LogP contribution < -0.4 is 0 Å². The van der Waals surface area contributed by atoms with E-state index in [1.807, 2.05) is 23.1 Å². The lowest BCUT2D eigenvalue weighted by molar-refractivity contribution is -0.134. The van der Waals surface area contributed by atoms with Crippen molar-refractivity contribution in [2.24, 2.45) is 0 Å². The first-order valence-corrected chi connectivity index (χ1v) is 10.8. The van der Waals surface area contributed by atoms with E-state index in [9.17, 15) is 13.2 Å². The van der Waals surface area contributed by atoms with Crippen molar-refractivity contribution in [1.29, 1.82) is 0 Å². The summed E-state index contributed by atoms with van der Waals surface area (Å²) in [6, 6.07) is 9.84. The first kappa shape index (κ1) is 18.4. The van der Waals surface area contributed by atoms with E-state index in [4.69, 9.17) is 0 Å². The Balaban J connectivity index is 1.60. The Kier molecular flexibility index (Phi) is 5.76. The van der Waals surface area contributed by atoms with Crippen LogP contribution in [0.3, 0.4) is 0 Å². The van der Waals surface area contributed by atoms with Crippen molar-refractivity contribution in [3.05, 3.63) is 35.9 Å². The summed E-state index contributed by atoms with van der Waals surface area (Å²) in [5, 5.41) is 0. The summed E-state index contributed by atoms with van der Waals surface area (Å²) in [6.45, 7) is 4.51. The summed E-state index contributed by atoms with van der Waals surface area (Å²) < 4.78 is 25.2. The number of benzene rings is 1. The Bertz CT molecular complexity index is 693.